The van der Waals surface area contributed by atoms with E-state index in [1.54, 1.807) is 6.20 Å². The Bertz CT molecular complexity index is 419. The number of anilines is 2. The Balaban J connectivity index is 1.74. The molecule has 0 spiro atoms. The van der Waals surface area contributed by atoms with E-state index in [1.165, 1.54) is 0 Å². The van der Waals surface area contributed by atoms with Crippen molar-refractivity contribution in [2.45, 2.75) is 6.42 Å². The first-order valence-corrected chi connectivity index (χ1v) is 6.53. The summed E-state index contributed by atoms with van der Waals surface area (Å²) in [5.41, 5.74) is 0.967. The maximum Gasteiger partial charge on any atom is 0.224 e. The van der Waals surface area contributed by atoms with Crippen LogP contribution in [0.3, 0.4) is 0 Å². The van der Waals surface area contributed by atoms with E-state index < -0.39 is 0 Å². The maximum atomic E-state index is 11.9. The summed E-state index contributed by atoms with van der Waals surface area (Å²) in [6.07, 6.45) is 2.23. The van der Waals surface area contributed by atoms with Gasteiger partial charge in [-0.3, -0.25) is 4.79 Å². The van der Waals surface area contributed by atoms with Gasteiger partial charge in [0.25, 0.3) is 0 Å². The molecular weight excluding hydrogens is 244 g/mol. The van der Waals surface area contributed by atoms with Gasteiger partial charge in [0.1, 0.15) is 5.82 Å². The lowest BCUT2D eigenvalue weighted by Gasteiger charge is -2.26. The number of rotatable bonds is 5. The van der Waals surface area contributed by atoms with Crippen LogP contribution in [0.5, 0.6) is 0 Å². The number of ether oxygens (including phenoxy) is 1. The molecule has 2 heterocycles. The molecular formula is C13H20N4O2. The lowest BCUT2D eigenvalue weighted by atomic mass is 10.3. The van der Waals surface area contributed by atoms with E-state index in [1.807, 2.05) is 24.1 Å². The summed E-state index contributed by atoms with van der Waals surface area (Å²) in [6, 6.07) is 3.80. The van der Waals surface area contributed by atoms with Crippen LogP contribution in [-0.4, -0.2) is 55.7 Å². The summed E-state index contributed by atoms with van der Waals surface area (Å²) in [6.45, 7) is 3.34. The first-order valence-electron chi connectivity index (χ1n) is 6.53. The topological polar surface area (TPSA) is 66.5 Å². The number of pyridine rings is 1. The molecule has 1 aliphatic rings. The highest BCUT2D eigenvalue weighted by atomic mass is 16.5. The van der Waals surface area contributed by atoms with Crippen molar-refractivity contribution in [3.8, 4) is 0 Å². The average Bonchev–Trinajstić information content (AvgIpc) is 2.48. The molecule has 1 aliphatic heterocycles. The van der Waals surface area contributed by atoms with Crippen molar-refractivity contribution in [2.24, 2.45) is 0 Å². The van der Waals surface area contributed by atoms with Crippen LogP contribution in [0.2, 0.25) is 0 Å². The van der Waals surface area contributed by atoms with Gasteiger partial charge in [-0.15, -0.1) is 0 Å². The zero-order valence-electron chi connectivity index (χ0n) is 11.2. The van der Waals surface area contributed by atoms with Gasteiger partial charge < -0.3 is 20.3 Å². The molecule has 104 valence electrons. The largest absolute Gasteiger partial charge is 0.384 e. The zero-order chi connectivity index (χ0) is 13.5. The predicted octanol–water partition coefficient (Wildman–Crippen LogP) is 0.784. The standard InChI is InChI=1S/C13H20N4O2/c1-14-12-10-11(2-4-16-12)15-5-3-13(18)17-6-8-19-9-7-17/h2,4,10H,3,5-9H2,1H3,(H2,14,15,16). The minimum Gasteiger partial charge on any atom is -0.384 e. The molecule has 2 rings (SSSR count). The van der Waals surface area contributed by atoms with Crippen LogP contribution in [0.15, 0.2) is 18.3 Å². The second kappa shape index (κ2) is 6.94. The number of morpholine rings is 1. The summed E-state index contributed by atoms with van der Waals surface area (Å²) in [5.74, 6) is 0.989. The molecule has 1 fully saturated rings. The minimum atomic E-state index is 0.179. The number of aromatic nitrogens is 1. The number of hydrogen-bond donors (Lipinski definition) is 2. The van der Waals surface area contributed by atoms with E-state index in [-0.39, 0.29) is 5.91 Å². The first-order chi connectivity index (χ1) is 9.29. The Kier molecular flexibility index (Phi) is 4.97. The molecule has 1 aromatic heterocycles. The van der Waals surface area contributed by atoms with E-state index in [0.29, 0.717) is 39.3 Å². The second-order valence-corrected chi connectivity index (χ2v) is 4.35. The van der Waals surface area contributed by atoms with Gasteiger partial charge in [0.05, 0.1) is 13.2 Å². The van der Waals surface area contributed by atoms with Gasteiger partial charge in [0.2, 0.25) is 5.91 Å². The van der Waals surface area contributed by atoms with Gasteiger partial charge in [-0.25, -0.2) is 4.98 Å². The third-order valence-corrected chi connectivity index (χ3v) is 3.05. The van der Waals surface area contributed by atoms with Gasteiger partial charge in [-0.05, 0) is 6.07 Å². The Labute approximate surface area is 113 Å². The van der Waals surface area contributed by atoms with Crippen molar-refractivity contribution >= 4 is 17.4 Å². The van der Waals surface area contributed by atoms with Crippen LogP contribution >= 0.6 is 0 Å². The number of carbonyl (C=O) groups excluding carboxylic acids is 1. The van der Waals surface area contributed by atoms with E-state index in [4.69, 9.17) is 4.74 Å². The minimum absolute atomic E-state index is 0.179. The fourth-order valence-electron chi connectivity index (χ4n) is 1.96. The number of amides is 1. The van der Waals surface area contributed by atoms with Gasteiger partial charge in [0, 0.05) is 51.1 Å². The molecule has 0 aromatic carbocycles. The third-order valence-electron chi connectivity index (χ3n) is 3.05. The van der Waals surface area contributed by atoms with E-state index in [0.717, 1.165) is 11.5 Å². The molecule has 0 radical (unpaired) electrons. The van der Waals surface area contributed by atoms with Crippen LogP contribution < -0.4 is 10.6 Å². The molecule has 0 saturated carbocycles. The van der Waals surface area contributed by atoms with Gasteiger partial charge in [-0.1, -0.05) is 0 Å². The quantitative estimate of drug-likeness (QED) is 0.823. The third kappa shape index (κ3) is 4.10. The van der Waals surface area contributed by atoms with Crippen LogP contribution in [0.1, 0.15) is 6.42 Å². The Morgan fingerprint density at radius 2 is 2.26 bits per heavy atom. The summed E-state index contributed by atoms with van der Waals surface area (Å²) in [7, 11) is 1.83. The average molecular weight is 264 g/mol. The normalized spacial score (nSPS) is 15.1. The highest BCUT2D eigenvalue weighted by molar-refractivity contribution is 5.76. The second-order valence-electron chi connectivity index (χ2n) is 4.35. The van der Waals surface area contributed by atoms with Crippen molar-refractivity contribution in [1.29, 1.82) is 0 Å². The van der Waals surface area contributed by atoms with Crippen molar-refractivity contribution in [3.63, 3.8) is 0 Å². The highest BCUT2D eigenvalue weighted by Gasteiger charge is 2.15. The molecule has 0 aliphatic carbocycles. The molecule has 1 amide bonds. The van der Waals surface area contributed by atoms with Gasteiger partial charge in [0.15, 0.2) is 0 Å². The van der Waals surface area contributed by atoms with Crippen LogP contribution in [0.4, 0.5) is 11.5 Å². The molecule has 6 nitrogen and oxygen atoms in total. The van der Waals surface area contributed by atoms with Gasteiger partial charge in [-0.2, -0.15) is 0 Å². The summed E-state index contributed by atoms with van der Waals surface area (Å²) in [4.78, 5) is 17.9. The van der Waals surface area contributed by atoms with Crippen LogP contribution in [0, 0.1) is 0 Å². The van der Waals surface area contributed by atoms with Crippen LogP contribution in [-0.2, 0) is 9.53 Å². The zero-order valence-corrected chi connectivity index (χ0v) is 11.2. The number of nitrogens with zero attached hydrogens (tertiary/aromatic N) is 2. The summed E-state index contributed by atoms with van der Waals surface area (Å²) in [5, 5.41) is 6.21. The molecule has 1 aromatic rings. The highest BCUT2D eigenvalue weighted by Crippen LogP contribution is 2.11. The fourth-order valence-corrected chi connectivity index (χ4v) is 1.96. The Morgan fingerprint density at radius 1 is 1.47 bits per heavy atom. The number of carbonyl (C=O) groups is 1. The van der Waals surface area contributed by atoms with Crippen LogP contribution in [0.25, 0.3) is 0 Å². The fraction of sp³-hybridized carbons (Fsp3) is 0.538. The molecule has 1 saturated heterocycles. The van der Waals surface area contributed by atoms with Crippen molar-refractivity contribution in [1.82, 2.24) is 9.88 Å². The number of hydrogen-bond acceptors (Lipinski definition) is 5. The lowest BCUT2D eigenvalue weighted by Crippen LogP contribution is -2.41. The summed E-state index contributed by atoms with van der Waals surface area (Å²) >= 11 is 0. The van der Waals surface area contributed by atoms with E-state index in [2.05, 4.69) is 15.6 Å². The molecule has 0 bridgehead atoms. The van der Waals surface area contributed by atoms with E-state index >= 15 is 0 Å². The Morgan fingerprint density at radius 3 is 3.00 bits per heavy atom. The molecule has 0 atom stereocenters. The number of nitrogens with one attached hydrogen (secondary N) is 2. The predicted molar refractivity (Wildman–Crippen MR) is 74.3 cm³/mol. The molecule has 6 heteroatoms. The smallest absolute Gasteiger partial charge is 0.224 e. The van der Waals surface area contributed by atoms with Crippen molar-refractivity contribution in [3.05, 3.63) is 18.3 Å². The maximum absolute atomic E-state index is 11.9. The lowest BCUT2D eigenvalue weighted by molar-refractivity contribution is -0.134. The van der Waals surface area contributed by atoms with Crippen molar-refractivity contribution < 1.29 is 9.53 Å². The van der Waals surface area contributed by atoms with Crippen molar-refractivity contribution in [2.75, 3.05) is 50.5 Å². The Hall–Kier alpha value is -1.82. The monoisotopic (exact) mass is 264 g/mol. The first kappa shape index (κ1) is 13.6. The van der Waals surface area contributed by atoms with E-state index in [9.17, 15) is 4.79 Å². The van der Waals surface area contributed by atoms with Gasteiger partial charge >= 0.3 is 0 Å². The summed E-state index contributed by atoms with van der Waals surface area (Å²) < 4.78 is 5.23. The SMILES string of the molecule is CNc1cc(NCCC(=O)N2CCOCC2)ccn1. The molecule has 19 heavy (non-hydrogen) atoms. The molecule has 2 N–H and O–H groups in total. The molecule has 0 unspecified atom stereocenters.